The summed E-state index contributed by atoms with van der Waals surface area (Å²) in [5.41, 5.74) is 1.39. The van der Waals surface area contributed by atoms with E-state index in [2.05, 4.69) is 38.2 Å². The van der Waals surface area contributed by atoms with Crippen molar-refractivity contribution in [3.63, 3.8) is 0 Å². The molecule has 0 atom stereocenters. The van der Waals surface area contributed by atoms with Gasteiger partial charge in [-0.15, -0.1) is 0 Å². The Bertz CT molecular complexity index is 332. The predicted octanol–water partition coefficient (Wildman–Crippen LogP) is 3.58. The summed E-state index contributed by atoms with van der Waals surface area (Å²) in [4.78, 5) is 1.18. The summed E-state index contributed by atoms with van der Waals surface area (Å²) >= 11 is 1.42. The van der Waals surface area contributed by atoms with Gasteiger partial charge in [-0.2, -0.15) is 0 Å². The first-order chi connectivity index (χ1) is 6.17. The highest BCUT2D eigenvalue weighted by atomic mass is 32.2. The second-order valence-corrected chi connectivity index (χ2v) is 4.59. The molecule has 0 fully saturated rings. The van der Waals surface area contributed by atoms with E-state index in [4.69, 9.17) is 4.18 Å². The lowest BCUT2D eigenvalue weighted by Gasteiger charge is -2.16. The van der Waals surface area contributed by atoms with E-state index in [1.807, 2.05) is 6.08 Å². The number of hydrogen-bond donors (Lipinski definition) is 0. The molecule has 13 heavy (non-hydrogen) atoms. The molecule has 0 spiro atoms. The Morgan fingerprint density at radius 3 is 3.08 bits per heavy atom. The molecule has 0 radical (unpaired) electrons. The van der Waals surface area contributed by atoms with Gasteiger partial charge in [-0.05, 0) is 17.7 Å². The molecule has 0 N–H and O–H groups in total. The van der Waals surface area contributed by atoms with Gasteiger partial charge in [-0.25, -0.2) is 0 Å². The first-order valence-electron chi connectivity index (χ1n) is 4.30. The number of hydrogen-bond acceptors (Lipinski definition) is 2. The van der Waals surface area contributed by atoms with Crippen LogP contribution in [0.5, 0.6) is 0 Å². The van der Waals surface area contributed by atoms with Gasteiger partial charge in [0.25, 0.3) is 0 Å². The number of fused-ring (bicyclic) bond motifs is 1. The SMILES string of the molecule is CC1(C)C=CC=C2SOC=CC2=C1. The van der Waals surface area contributed by atoms with Crippen molar-refractivity contribution in [3.05, 3.63) is 47.1 Å². The lowest BCUT2D eigenvalue weighted by molar-refractivity contribution is 0.564. The van der Waals surface area contributed by atoms with Crippen molar-refractivity contribution in [2.75, 3.05) is 0 Å². The van der Waals surface area contributed by atoms with Crippen LogP contribution in [-0.2, 0) is 4.18 Å². The van der Waals surface area contributed by atoms with Crippen molar-refractivity contribution in [1.82, 2.24) is 0 Å². The summed E-state index contributed by atoms with van der Waals surface area (Å²) < 4.78 is 5.16. The van der Waals surface area contributed by atoms with Crippen molar-refractivity contribution < 1.29 is 4.18 Å². The van der Waals surface area contributed by atoms with Crippen LogP contribution in [-0.4, -0.2) is 0 Å². The fourth-order valence-electron chi connectivity index (χ4n) is 1.39. The van der Waals surface area contributed by atoms with Gasteiger partial charge in [0.15, 0.2) is 0 Å². The van der Waals surface area contributed by atoms with Crippen molar-refractivity contribution in [3.8, 4) is 0 Å². The lowest BCUT2D eigenvalue weighted by Crippen LogP contribution is -2.03. The van der Waals surface area contributed by atoms with Gasteiger partial charge in [-0.3, -0.25) is 0 Å². The van der Waals surface area contributed by atoms with Crippen LogP contribution in [0.4, 0.5) is 0 Å². The van der Waals surface area contributed by atoms with Gasteiger partial charge in [0.2, 0.25) is 0 Å². The van der Waals surface area contributed by atoms with Crippen LogP contribution in [0.15, 0.2) is 47.1 Å². The summed E-state index contributed by atoms with van der Waals surface area (Å²) in [5.74, 6) is 0. The zero-order valence-corrected chi connectivity index (χ0v) is 8.60. The third-order valence-electron chi connectivity index (χ3n) is 2.03. The largest absolute Gasteiger partial charge is 0.428 e. The highest BCUT2D eigenvalue weighted by Gasteiger charge is 2.17. The Balaban J connectivity index is 2.44. The van der Waals surface area contributed by atoms with Gasteiger partial charge < -0.3 is 4.18 Å². The second-order valence-electron chi connectivity index (χ2n) is 3.79. The quantitative estimate of drug-likeness (QED) is 0.542. The molecule has 0 aromatic heterocycles. The molecule has 2 heteroatoms. The normalized spacial score (nSPS) is 23.8. The maximum absolute atomic E-state index is 5.16. The number of rotatable bonds is 0. The van der Waals surface area contributed by atoms with Crippen molar-refractivity contribution in [1.29, 1.82) is 0 Å². The van der Waals surface area contributed by atoms with Gasteiger partial charge in [0, 0.05) is 5.41 Å². The molecule has 2 rings (SSSR count). The summed E-state index contributed by atoms with van der Waals surface area (Å²) in [6, 6.07) is 0. The Morgan fingerprint density at radius 2 is 2.23 bits per heavy atom. The first-order valence-corrected chi connectivity index (χ1v) is 5.04. The molecular weight excluding hydrogens is 180 g/mol. The zero-order valence-electron chi connectivity index (χ0n) is 7.78. The van der Waals surface area contributed by atoms with E-state index in [1.54, 1.807) is 6.26 Å². The monoisotopic (exact) mass is 192 g/mol. The van der Waals surface area contributed by atoms with Gasteiger partial charge in [-0.1, -0.05) is 32.1 Å². The van der Waals surface area contributed by atoms with E-state index >= 15 is 0 Å². The molecule has 0 amide bonds. The third kappa shape index (κ3) is 1.89. The molecule has 1 heterocycles. The van der Waals surface area contributed by atoms with Crippen molar-refractivity contribution >= 4 is 12.0 Å². The van der Waals surface area contributed by atoms with Crippen LogP contribution >= 0.6 is 12.0 Å². The summed E-state index contributed by atoms with van der Waals surface area (Å²) in [6.07, 6.45) is 12.4. The molecule has 68 valence electrons. The average Bonchev–Trinajstić information content (AvgIpc) is 2.21. The minimum atomic E-state index is 0.135. The fourth-order valence-corrected chi connectivity index (χ4v) is 1.96. The van der Waals surface area contributed by atoms with E-state index in [-0.39, 0.29) is 5.41 Å². The van der Waals surface area contributed by atoms with Crippen LogP contribution in [0.25, 0.3) is 0 Å². The van der Waals surface area contributed by atoms with Crippen LogP contribution in [0.1, 0.15) is 13.8 Å². The van der Waals surface area contributed by atoms with Crippen LogP contribution in [0.2, 0.25) is 0 Å². The standard InChI is InChI=1S/C11H12OS/c1-11(2)6-3-4-10-9(8-11)5-7-12-13-10/h3-8H,1-2H3. The topological polar surface area (TPSA) is 9.23 Å². The lowest BCUT2D eigenvalue weighted by atomic mass is 9.91. The Morgan fingerprint density at radius 1 is 1.38 bits per heavy atom. The molecule has 1 aliphatic heterocycles. The van der Waals surface area contributed by atoms with Crippen molar-refractivity contribution in [2.45, 2.75) is 13.8 Å². The molecule has 0 aromatic rings. The minimum Gasteiger partial charge on any atom is -0.428 e. The Kier molecular flexibility index (Phi) is 2.08. The number of allylic oxidation sites excluding steroid dienone is 6. The molecule has 0 saturated carbocycles. The highest BCUT2D eigenvalue weighted by molar-refractivity contribution is 7.99. The summed E-state index contributed by atoms with van der Waals surface area (Å²) in [6.45, 7) is 4.39. The molecule has 0 aromatic carbocycles. The molecule has 1 nitrogen and oxygen atoms in total. The fraction of sp³-hybridized carbons (Fsp3) is 0.273. The van der Waals surface area contributed by atoms with E-state index in [0.717, 1.165) is 0 Å². The van der Waals surface area contributed by atoms with Gasteiger partial charge in [0.1, 0.15) is 6.26 Å². The highest BCUT2D eigenvalue weighted by Crippen LogP contribution is 2.36. The van der Waals surface area contributed by atoms with Gasteiger partial charge in [0.05, 0.1) is 16.9 Å². The minimum absolute atomic E-state index is 0.135. The molecule has 0 unspecified atom stereocenters. The van der Waals surface area contributed by atoms with Crippen LogP contribution < -0.4 is 0 Å². The third-order valence-corrected chi connectivity index (χ3v) is 2.79. The zero-order chi connectivity index (χ0) is 9.31. The van der Waals surface area contributed by atoms with E-state index < -0.39 is 0 Å². The summed E-state index contributed by atoms with van der Waals surface area (Å²) in [7, 11) is 0. The Hall–Kier alpha value is -0.890. The average molecular weight is 192 g/mol. The Labute approximate surface area is 83.1 Å². The second kappa shape index (κ2) is 3.11. The maximum Gasteiger partial charge on any atom is 0.102 e. The van der Waals surface area contributed by atoms with E-state index in [9.17, 15) is 0 Å². The molecule has 0 bridgehead atoms. The molecular formula is C11H12OS. The molecule has 0 saturated heterocycles. The van der Waals surface area contributed by atoms with E-state index in [0.29, 0.717) is 0 Å². The van der Waals surface area contributed by atoms with Crippen LogP contribution in [0, 0.1) is 5.41 Å². The maximum atomic E-state index is 5.16. The van der Waals surface area contributed by atoms with Crippen LogP contribution in [0.3, 0.4) is 0 Å². The van der Waals surface area contributed by atoms with Gasteiger partial charge >= 0.3 is 0 Å². The molecule has 1 aliphatic carbocycles. The van der Waals surface area contributed by atoms with Crippen molar-refractivity contribution in [2.24, 2.45) is 5.41 Å². The summed E-state index contributed by atoms with van der Waals surface area (Å²) in [5, 5.41) is 0. The van der Waals surface area contributed by atoms with E-state index in [1.165, 1.54) is 22.5 Å². The smallest absolute Gasteiger partial charge is 0.102 e. The molecule has 2 aliphatic rings. The first kappa shape index (κ1) is 8.70. The predicted molar refractivity (Wildman–Crippen MR) is 56.9 cm³/mol.